The van der Waals surface area contributed by atoms with Crippen LogP contribution in [-0.2, 0) is 11.8 Å². The molecule has 0 atom stereocenters. The molecular formula is C14H16N4OS. The van der Waals surface area contributed by atoms with Gasteiger partial charge in [0.15, 0.2) is 5.82 Å². The number of carbonyl (C=O) groups excluding carboxylic acids is 1. The maximum atomic E-state index is 11.9. The number of aryl methyl sites for hydroxylation is 1. The van der Waals surface area contributed by atoms with Crippen LogP contribution < -0.4 is 5.32 Å². The van der Waals surface area contributed by atoms with Crippen LogP contribution in [0.1, 0.15) is 20.3 Å². The molecule has 3 rings (SSSR count). The molecule has 1 N–H and O–H groups in total. The van der Waals surface area contributed by atoms with Gasteiger partial charge in [-0.2, -0.15) is 5.10 Å². The van der Waals surface area contributed by atoms with Crippen molar-refractivity contribution in [1.82, 2.24) is 14.8 Å². The Morgan fingerprint density at radius 3 is 3.05 bits per heavy atom. The maximum Gasteiger partial charge on any atom is 0.225 e. The van der Waals surface area contributed by atoms with Crippen LogP contribution in [-0.4, -0.2) is 20.7 Å². The van der Waals surface area contributed by atoms with Crippen LogP contribution >= 0.6 is 11.3 Å². The normalized spacial score (nSPS) is 11.6. The lowest BCUT2D eigenvalue weighted by Crippen LogP contribution is -2.14. The molecular weight excluding hydrogens is 272 g/mol. The Morgan fingerprint density at radius 1 is 1.50 bits per heavy atom. The number of aromatic nitrogens is 3. The Labute approximate surface area is 120 Å². The predicted molar refractivity (Wildman–Crippen MR) is 82.0 cm³/mol. The third kappa shape index (κ3) is 2.16. The summed E-state index contributed by atoms with van der Waals surface area (Å²) < 4.78 is 2.79. The second-order valence-corrected chi connectivity index (χ2v) is 6.25. The maximum absolute atomic E-state index is 11.9. The SMILES string of the molecule is CC(C)CC(=O)Nc1nn(C)c2c1sc1ncccc12. The number of rotatable bonds is 3. The molecule has 0 fully saturated rings. The number of carbonyl (C=O) groups is 1. The van der Waals surface area contributed by atoms with Crippen molar-refractivity contribution in [2.24, 2.45) is 13.0 Å². The molecule has 0 aromatic carbocycles. The quantitative estimate of drug-likeness (QED) is 0.805. The zero-order valence-electron chi connectivity index (χ0n) is 11.7. The highest BCUT2D eigenvalue weighted by Crippen LogP contribution is 2.36. The van der Waals surface area contributed by atoms with Gasteiger partial charge >= 0.3 is 0 Å². The Bertz CT molecular complexity index is 787. The van der Waals surface area contributed by atoms with Crippen LogP contribution in [0.25, 0.3) is 20.4 Å². The van der Waals surface area contributed by atoms with E-state index in [1.165, 1.54) is 0 Å². The van der Waals surface area contributed by atoms with E-state index in [2.05, 4.69) is 15.4 Å². The van der Waals surface area contributed by atoms with Crippen molar-refractivity contribution in [3.8, 4) is 0 Å². The molecule has 3 heterocycles. The minimum atomic E-state index is 0.00501. The first-order chi connectivity index (χ1) is 9.56. The highest BCUT2D eigenvalue weighted by Gasteiger charge is 2.17. The molecule has 0 aliphatic rings. The number of thiophene rings is 1. The number of amides is 1. The molecule has 3 aromatic rings. The molecule has 1 amide bonds. The van der Waals surface area contributed by atoms with Gasteiger partial charge in [0, 0.05) is 25.1 Å². The zero-order chi connectivity index (χ0) is 14.3. The first kappa shape index (κ1) is 13.1. The van der Waals surface area contributed by atoms with Gasteiger partial charge in [-0.05, 0) is 18.1 Å². The molecule has 3 aromatic heterocycles. The van der Waals surface area contributed by atoms with E-state index in [-0.39, 0.29) is 5.91 Å². The molecule has 104 valence electrons. The van der Waals surface area contributed by atoms with Gasteiger partial charge in [-0.3, -0.25) is 9.48 Å². The first-order valence-corrected chi connectivity index (χ1v) is 7.38. The molecule has 0 aliphatic heterocycles. The van der Waals surface area contributed by atoms with Crippen molar-refractivity contribution in [2.75, 3.05) is 5.32 Å². The predicted octanol–water partition coefficient (Wildman–Crippen LogP) is 3.17. The van der Waals surface area contributed by atoms with Gasteiger partial charge in [0.1, 0.15) is 4.83 Å². The molecule has 20 heavy (non-hydrogen) atoms. The van der Waals surface area contributed by atoms with Gasteiger partial charge in [0.05, 0.1) is 10.2 Å². The minimum absolute atomic E-state index is 0.00501. The number of fused-ring (bicyclic) bond motifs is 3. The van der Waals surface area contributed by atoms with E-state index >= 15 is 0 Å². The fourth-order valence-corrected chi connectivity index (χ4v) is 3.39. The van der Waals surface area contributed by atoms with E-state index in [0.717, 1.165) is 20.4 Å². The first-order valence-electron chi connectivity index (χ1n) is 6.56. The number of hydrogen-bond donors (Lipinski definition) is 1. The van der Waals surface area contributed by atoms with Crippen molar-refractivity contribution < 1.29 is 4.79 Å². The lowest BCUT2D eigenvalue weighted by molar-refractivity contribution is -0.116. The van der Waals surface area contributed by atoms with Gasteiger partial charge in [-0.15, -0.1) is 11.3 Å². The van der Waals surface area contributed by atoms with E-state index in [1.807, 2.05) is 33.0 Å². The van der Waals surface area contributed by atoms with Crippen molar-refractivity contribution in [3.05, 3.63) is 18.3 Å². The summed E-state index contributed by atoms with van der Waals surface area (Å²) in [6, 6.07) is 3.95. The van der Waals surface area contributed by atoms with Gasteiger partial charge in [0.25, 0.3) is 0 Å². The van der Waals surface area contributed by atoms with Crippen molar-refractivity contribution >= 4 is 43.5 Å². The lowest BCUT2D eigenvalue weighted by atomic mass is 10.1. The van der Waals surface area contributed by atoms with Gasteiger partial charge in [-0.25, -0.2) is 4.98 Å². The monoisotopic (exact) mass is 288 g/mol. The highest BCUT2D eigenvalue weighted by atomic mass is 32.1. The van der Waals surface area contributed by atoms with Crippen LogP contribution in [0.3, 0.4) is 0 Å². The van der Waals surface area contributed by atoms with Gasteiger partial charge in [-0.1, -0.05) is 13.8 Å². The minimum Gasteiger partial charge on any atom is -0.308 e. The lowest BCUT2D eigenvalue weighted by Gasteiger charge is -2.04. The fraction of sp³-hybridized carbons (Fsp3) is 0.357. The summed E-state index contributed by atoms with van der Waals surface area (Å²) in [5.74, 6) is 0.972. The van der Waals surface area contributed by atoms with Crippen LogP contribution in [0.2, 0.25) is 0 Å². The summed E-state index contributed by atoms with van der Waals surface area (Å²) in [6.07, 6.45) is 2.28. The molecule has 6 heteroatoms. The molecule has 0 aliphatic carbocycles. The number of nitrogens with zero attached hydrogens (tertiary/aromatic N) is 3. The summed E-state index contributed by atoms with van der Waals surface area (Å²) in [7, 11) is 1.89. The number of anilines is 1. The average molecular weight is 288 g/mol. The highest BCUT2D eigenvalue weighted by molar-refractivity contribution is 7.26. The molecule has 0 saturated carbocycles. The average Bonchev–Trinajstić information content (AvgIpc) is 2.88. The van der Waals surface area contributed by atoms with E-state index in [1.54, 1.807) is 22.2 Å². The topological polar surface area (TPSA) is 59.8 Å². The number of nitrogens with one attached hydrogen (secondary N) is 1. The van der Waals surface area contributed by atoms with Crippen LogP contribution in [0, 0.1) is 5.92 Å². The van der Waals surface area contributed by atoms with Gasteiger partial charge < -0.3 is 5.32 Å². The largest absolute Gasteiger partial charge is 0.308 e. The molecule has 0 unspecified atom stereocenters. The van der Waals surface area contributed by atoms with Crippen molar-refractivity contribution in [2.45, 2.75) is 20.3 Å². The Morgan fingerprint density at radius 2 is 2.30 bits per heavy atom. The summed E-state index contributed by atoms with van der Waals surface area (Å²) in [6.45, 7) is 4.05. The Kier molecular flexibility index (Phi) is 3.17. The summed E-state index contributed by atoms with van der Waals surface area (Å²) in [5.41, 5.74) is 1.03. The van der Waals surface area contributed by atoms with Crippen LogP contribution in [0.15, 0.2) is 18.3 Å². The third-order valence-corrected chi connectivity index (χ3v) is 4.19. The van der Waals surface area contributed by atoms with Crippen molar-refractivity contribution in [3.63, 3.8) is 0 Å². The fourth-order valence-electron chi connectivity index (χ4n) is 2.28. The summed E-state index contributed by atoms with van der Waals surface area (Å²) in [5, 5.41) is 8.40. The Balaban J connectivity index is 2.06. The summed E-state index contributed by atoms with van der Waals surface area (Å²) >= 11 is 1.56. The summed E-state index contributed by atoms with van der Waals surface area (Å²) in [4.78, 5) is 17.3. The second-order valence-electron chi connectivity index (χ2n) is 5.25. The van der Waals surface area contributed by atoms with Crippen molar-refractivity contribution in [1.29, 1.82) is 0 Å². The third-order valence-electron chi connectivity index (χ3n) is 3.08. The molecule has 5 nitrogen and oxygen atoms in total. The van der Waals surface area contributed by atoms with E-state index in [0.29, 0.717) is 18.2 Å². The molecule has 0 bridgehead atoms. The second kappa shape index (κ2) is 4.86. The Hall–Kier alpha value is -1.95. The van der Waals surface area contributed by atoms with Crippen LogP contribution in [0.5, 0.6) is 0 Å². The van der Waals surface area contributed by atoms with E-state index in [9.17, 15) is 4.79 Å². The number of hydrogen-bond acceptors (Lipinski definition) is 4. The number of pyridine rings is 1. The standard InChI is InChI=1S/C14H16N4OS/c1-8(2)7-10(19)16-13-12-11(18(3)17-13)9-5-4-6-15-14(9)20-12/h4-6,8H,7H2,1-3H3,(H,16,17,19). The molecule has 0 spiro atoms. The zero-order valence-corrected chi connectivity index (χ0v) is 12.5. The van der Waals surface area contributed by atoms with Gasteiger partial charge in [0.2, 0.25) is 5.91 Å². The smallest absolute Gasteiger partial charge is 0.225 e. The van der Waals surface area contributed by atoms with Crippen LogP contribution in [0.4, 0.5) is 5.82 Å². The molecule has 0 radical (unpaired) electrons. The van der Waals surface area contributed by atoms with E-state index in [4.69, 9.17) is 0 Å². The van der Waals surface area contributed by atoms with E-state index < -0.39 is 0 Å². The molecule has 0 saturated heterocycles.